The highest BCUT2D eigenvalue weighted by Gasteiger charge is 2.17. The number of benzene rings is 3. The largest absolute Gasteiger partial charge is 0.454 e. The average molecular weight is 399 g/mol. The number of rotatable bonds is 3. The summed E-state index contributed by atoms with van der Waals surface area (Å²) >= 11 is 24.9. The standard InChI is InChI=1S/C18H11Cl4NO/c19-10-5-7-15(13(21)9-10)24-16-8-6-12(20)17(18(16)22)11-3-1-2-4-14(11)23/h1-9H,23H2. The van der Waals surface area contributed by atoms with Crippen molar-refractivity contribution >= 4 is 52.1 Å². The lowest BCUT2D eigenvalue weighted by Gasteiger charge is -2.15. The normalized spacial score (nSPS) is 10.7. The Morgan fingerprint density at radius 1 is 0.750 bits per heavy atom. The van der Waals surface area contributed by atoms with Crippen molar-refractivity contribution in [2.75, 3.05) is 5.73 Å². The fourth-order valence-corrected chi connectivity index (χ4v) is 3.32. The molecule has 2 nitrogen and oxygen atoms in total. The topological polar surface area (TPSA) is 35.2 Å². The van der Waals surface area contributed by atoms with Gasteiger partial charge in [0.1, 0.15) is 11.5 Å². The monoisotopic (exact) mass is 397 g/mol. The first-order valence-corrected chi connectivity index (χ1v) is 8.44. The molecule has 0 saturated carbocycles. The molecule has 6 heteroatoms. The van der Waals surface area contributed by atoms with Crippen LogP contribution in [0, 0.1) is 0 Å². The molecule has 3 aromatic carbocycles. The van der Waals surface area contributed by atoms with E-state index in [1.54, 1.807) is 36.4 Å². The van der Waals surface area contributed by atoms with E-state index >= 15 is 0 Å². The molecule has 24 heavy (non-hydrogen) atoms. The SMILES string of the molecule is Nc1ccccc1-c1c(Cl)ccc(Oc2ccc(Cl)cc2Cl)c1Cl. The molecule has 0 saturated heterocycles. The summed E-state index contributed by atoms with van der Waals surface area (Å²) in [6.45, 7) is 0. The van der Waals surface area contributed by atoms with Crippen molar-refractivity contribution in [2.24, 2.45) is 0 Å². The van der Waals surface area contributed by atoms with E-state index in [4.69, 9.17) is 56.9 Å². The van der Waals surface area contributed by atoms with Crippen molar-refractivity contribution in [3.05, 3.63) is 74.7 Å². The summed E-state index contributed by atoms with van der Waals surface area (Å²) in [5, 5.41) is 1.74. The van der Waals surface area contributed by atoms with Crippen LogP contribution in [-0.2, 0) is 0 Å². The predicted molar refractivity (Wildman–Crippen MR) is 103 cm³/mol. The van der Waals surface area contributed by atoms with Crippen LogP contribution in [0.1, 0.15) is 0 Å². The number of anilines is 1. The third kappa shape index (κ3) is 3.42. The van der Waals surface area contributed by atoms with Gasteiger partial charge in [-0.15, -0.1) is 0 Å². The molecule has 0 aliphatic carbocycles. The Hall–Kier alpha value is -1.58. The summed E-state index contributed by atoms with van der Waals surface area (Å²) < 4.78 is 5.83. The van der Waals surface area contributed by atoms with Crippen LogP contribution in [0.3, 0.4) is 0 Å². The lowest BCUT2D eigenvalue weighted by molar-refractivity contribution is 0.483. The number of para-hydroxylation sites is 1. The van der Waals surface area contributed by atoms with Crippen molar-refractivity contribution in [1.82, 2.24) is 0 Å². The summed E-state index contributed by atoms with van der Waals surface area (Å²) in [7, 11) is 0. The molecule has 3 aromatic rings. The van der Waals surface area contributed by atoms with Crippen LogP contribution >= 0.6 is 46.4 Å². The van der Waals surface area contributed by atoms with Gasteiger partial charge in [0.25, 0.3) is 0 Å². The highest BCUT2D eigenvalue weighted by molar-refractivity contribution is 6.40. The van der Waals surface area contributed by atoms with Crippen LogP contribution in [0.2, 0.25) is 20.1 Å². The summed E-state index contributed by atoms with van der Waals surface area (Å²) in [6.07, 6.45) is 0. The molecule has 0 amide bonds. The fraction of sp³-hybridized carbons (Fsp3) is 0. The quantitative estimate of drug-likeness (QED) is 0.468. The molecule has 0 aliphatic rings. The Bertz CT molecular complexity index is 912. The zero-order valence-corrected chi connectivity index (χ0v) is 15.2. The minimum atomic E-state index is 0.353. The minimum absolute atomic E-state index is 0.353. The molecule has 0 atom stereocenters. The molecule has 3 rings (SSSR count). The van der Waals surface area contributed by atoms with E-state index in [0.717, 1.165) is 5.56 Å². The Morgan fingerprint density at radius 3 is 2.17 bits per heavy atom. The Labute approximate surface area is 159 Å². The van der Waals surface area contributed by atoms with Gasteiger partial charge < -0.3 is 10.5 Å². The zero-order chi connectivity index (χ0) is 17.3. The number of hydrogen-bond acceptors (Lipinski definition) is 2. The highest BCUT2D eigenvalue weighted by Crippen LogP contribution is 2.44. The first-order chi connectivity index (χ1) is 11.5. The van der Waals surface area contributed by atoms with E-state index in [1.165, 1.54) is 0 Å². The van der Waals surface area contributed by atoms with E-state index in [9.17, 15) is 0 Å². The molecule has 0 heterocycles. The first kappa shape index (κ1) is 17.2. The van der Waals surface area contributed by atoms with Gasteiger partial charge in [-0.2, -0.15) is 0 Å². The lowest BCUT2D eigenvalue weighted by Crippen LogP contribution is -1.93. The number of nitrogens with two attached hydrogens (primary N) is 1. The number of hydrogen-bond donors (Lipinski definition) is 1. The number of halogens is 4. The maximum absolute atomic E-state index is 6.52. The maximum Gasteiger partial charge on any atom is 0.146 e. The first-order valence-electron chi connectivity index (χ1n) is 6.93. The molecule has 0 bridgehead atoms. The van der Waals surface area contributed by atoms with Gasteiger partial charge in [0.2, 0.25) is 0 Å². The van der Waals surface area contributed by atoms with Gasteiger partial charge in [0, 0.05) is 21.8 Å². The summed E-state index contributed by atoms with van der Waals surface area (Å²) in [4.78, 5) is 0. The van der Waals surface area contributed by atoms with Crippen molar-refractivity contribution in [1.29, 1.82) is 0 Å². The Morgan fingerprint density at radius 2 is 1.46 bits per heavy atom. The van der Waals surface area contributed by atoms with Crippen LogP contribution in [0.4, 0.5) is 5.69 Å². The van der Waals surface area contributed by atoms with Gasteiger partial charge in [-0.1, -0.05) is 64.6 Å². The molecule has 0 aromatic heterocycles. The second kappa shape index (κ2) is 7.12. The van der Waals surface area contributed by atoms with E-state index < -0.39 is 0 Å². The van der Waals surface area contributed by atoms with Crippen LogP contribution in [-0.4, -0.2) is 0 Å². The van der Waals surface area contributed by atoms with Crippen molar-refractivity contribution < 1.29 is 4.74 Å². The molecule has 0 fully saturated rings. The second-order valence-electron chi connectivity index (χ2n) is 5.00. The summed E-state index contributed by atoms with van der Waals surface area (Å²) in [6, 6.07) is 15.7. The van der Waals surface area contributed by atoms with Crippen LogP contribution in [0.25, 0.3) is 11.1 Å². The summed E-state index contributed by atoms with van der Waals surface area (Å²) in [5.74, 6) is 0.862. The highest BCUT2D eigenvalue weighted by atomic mass is 35.5. The van der Waals surface area contributed by atoms with E-state index in [0.29, 0.717) is 42.8 Å². The van der Waals surface area contributed by atoms with Gasteiger partial charge in [-0.3, -0.25) is 0 Å². The third-order valence-corrected chi connectivity index (χ3v) is 4.62. The van der Waals surface area contributed by atoms with Gasteiger partial charge >= 0.3 is 0 Å². The second-order valence-corrected chi connectivity index (χ2v) is 6.63. The molecule has 122 valence electrons. The van der Waals surface area contributed by atoms with Gasteiger partial charge in [0.15, 0.2) is 0 Å². The smallest absolute Gasteiger partial charge is 0.146 e. The lowest BCUT2D eigenvalue weighted by atomic mass is 10.0. The number of ether oxygens (including phenoxy) is 1. The fourth-order valence-electron chi connectivity index (χ4n) is 2.26. The summed E-state index contributed by atoms with van der Waals surface area (Å²) in [5.41, 5.74) is 7.96. The van der Waals surface area contributed by atoms with Crippen molar-refractivity contribution in [2.45, 2.75) is 0 Å². The molecule has 0 radical (unpaired) electrons. The van der Waals surface area contributed by atoms with Crippen molar-refractivity contribution in [3.8, 4) is 22.6 Å². The van der Waals surface area contributed by atoms with Crippen LogP contribution in [0.5, 0.6) is 11.5 Å². The maximum atomic E-state index is 6.52. The van der Waals surface area contributed by atoms with E-state index in [-0.39, 0.29) is 0 Å². The van der Waals surface area contributed by atoms with Gasteiger partial charge in [-0.05, 0) is 36.4 Å². The molecule has 0 spiro atoms. The molecular weight excluding hydrogens is 388 g/mol. The molecule has 2 N–H and O–H groups in total. The van der Waals surface area contributed by atoms with Crippen LogP contribution in [0.15, 0.2) is 54.6 Å². The third-order valence-electron chi connectivity index (χ3n) is 3.40. The van der Waals surface area contributed by atoms with Gasteiger partial charge in [-0.25, -0.2) is 0 Å². The predicted octanol–water partition coefficient (Wildman–Crippen LogP) is 7.34. The molecule has 0 aliphatic heterocycles. The Kier molecular flexibility index (Phi) is 5.12. The zero-order valence-electron chi connectivity index (χ0n) is 12.2. The van der Waals surface area contributed by atoms with Crippen molar-refractivity contribution in [3.63, 3.8) is 0 Å². The minimum Gasteiger partial charge on any atom is -0.454 e. The van der Waals surface area contributed by atoms with Gasteiger partial charge in [0.05, 0.1) is 15.1 Å². The Balaban J connectivity index is 2.08. The van der Waals surface area contributed by atoms with Crippen LogP contribution < -0.4 is 10.5 Å². The molecule has 0 unspecified atom stereocenters. The van der Waals surface area contributed by atoms with E-state index in [2.05, 4.69) is 0 Å². The number of nitrogen functional groups attached to an aromatic ring is 1. The average Bonchev–Trinajstić information content (AvgIpc) is 2.54. The van der Waals surface area contributed by atoms with E-state index in [1.807, 2.05) is 18.2 Å². The molecular formula is C18H11Cl4NO.